The molecular formula is C18H23N3O3S2. The maximum absolute atomic E-state index is 12.9. The summed E-state index contributed by atoms with van der Waals surface area (Å²) in [7, 11) is -3.27. The van der Waals surface area contributed by atoms with Crippen molar-refractivity contribution in [3.63, 3.8) is 0 Å². The second-order valence-electron chi connectivity index (χ2n) is 6.67. The van der Waals surface area contributed by atoms with Crippen LogP contribution < -0.4 is 4.72 Å². The monoisotopic (exact) mass is 393 g/mol. The molecule has 1 atom stereocenters. The second kappa shape index (κ2) is 7.85. The number of carbonyl (C=O) groups excluding carboxylic acids is 1. The van der Waals surface area contributed by atoms with Gasteiger partial charge in [0.25, 0.3) is 5.91 Å². The third kappa shape index (κ3) is 4.69. The van der Waals surface area contributed by atoms with E-state index in [1.165, 1.54) is 16.9 Å². The van der Waals surface area contributed by atoms with E-state index in [0.29, 0.717) is 12.2 Å². The Kier molecular flexibility index (Phi) is 5.74. The molecule has 8 heteroatoms. The number of thiazole rings is 1. The topological polar surface area (TPSA) is 79.4 Å². The molecule has 26 heavy (non-hydrogen) atoms. The first-order valence-electron chi connectivity index (χ1n) is 8.61. The third-order valence-electron chi connectivity index (χ3n) is 4.49. The highest BCUT2D eigenvalue weighted by Crippen LogP contribution is 2.26. The van der Waals surface area contributed by atoms with Crippen molar-refractivity contribution in [2.75, 3.05) is 19.3 Å². The van der Waals surface area contributed by atoms with Crippen LogP contribution in [0.4, 0.5) is 0 Å². The molecule has 0 unspecified atom stereocenters. The molecule has 1 amide bonds. The van der Waals surface area contributed by atoms with Crippen molar-refractivity contribution in [1.29, 1.82) is 0 Å². The minimum absolute atomic E-state index is 0.125. The third-order valence-corrected chi connectivity index (χ3v) is 6.07. The lowest BCUT2D eigenvalue weighted by atomic mass is 10.0. The van der Waals surface area contributed by atoms with Gasteiger partial charge in [0.1, 0.15) is 10.7 Å². The highest BCUT2D eigenvalue weighted by atomic mass is 32.2. The number of piperidine rings is 1. The Balaban J connectivity index is 1.75. The molecule has 140 valence electrons. The molecule has 0 radical (unpaired) electrons. The van der Waals surface area contributed by atoms with Gasteiger partial charge in [0.2, 0.25) is 10.0 Å². The van der Waals surface area contributed by atoms with Gasteiger partial charge < -0.3 is 4.90 Å². The smallest absolute Gasteiger partial charge is 0.273 e. The molecule has 1 aliphatic rings. The average Bonchev–Trinajstić information content (AvgIpc) is 3.10. The van der Waals surface area contributed by atoms with Crippen LogP contribution in [0, 0.1) is 6.92 Å². The fourth-order valence-electron chi connectivity index (χ4n) is 3.08. The Bertz CT molecular complexity index is 875. The van der Waals surface area contributed by atoms with E-state index < -0.39 is 10.0 Å². The van der Waals surface area contributed by atoms with Gasteiger partial charge in [0, 0.05) is 30.1 Å². The highest BCUT2D eigenvalue weighted by Gasteiger charge is 2.29. The molecule has 1 fully saturated rings. The molecule has 1 aromatic heterocycles. The molecule has 1 aromatic carbocycles. The summed E-state index contributed by atoms with van der Waals surface area (Å²) in [5.41, 5.74) is 2.60. The van der Waals surface area contributed by atoms with Crippen molar-refractivity contribution in [1.82, 2.24) is 14.6 Å². The van der Waals surface area contributed by atoms with Gasteiger partial charge in [-0.2, -0.15) is 0 Å². The molecule has 6 nitrogen and oxygen atoms in total. The van der Waals surface area contributed by atoms with Crippen molar-refractivity contribution in [3.05, 3.63) is 40.9 Å². The second-order valence-corrected chi connectivity index (χ2v) is 9.36. The summed E-state index contributed by atoms with van der Waals surface area (Å²) < 4.78 is 25.3. The first-order chi connectivity index (χ1) is 12.3. The number of sulfonamides is 1. The molecule has 0 aliphatic carbocycles. The van der Waals surface area contributed by atoms with Crippen molar-refractivity contribution < 1.29 is 13.2 Å². The summed E-state index contributed by atoms with van der Waals surface area (Å²) in [6.45, 7) is 2.91. The van der Waals surface area contributed by atoms with Gasteiger partial charge in [-0.25, -0.2) is 18.1 Å². The number of aryl methyl sites for hydroxylation is 1. The number of aromatic nitrogens is 1. The quantitative estimate of drug-likeness (QED) is 0.847. The van der Waals surface area contributed by atoms with Crippen molar-refractivity contribution in [3.8, 4) is 10.6 Å². The fourth-order valence-corrected chi connectivity index (χ4v) is 4.37. The van der Waals surface area contributed by atoms with Crippen LogP contribution in [-0.4, -0.2) is 49.6 Å². The zero-order valence-corrected chi connectivity index (χ0v) is 16.6. The van der Waals surface area contributed by atoms with Gasteiger partial charge >= 0.3 is 0 Å². The zero-order valence-electron chi connectivity index (χ0n) is 14.9. The minimum atomic E-state index is -3.27. The summed E-state index contributed by atoms with van der Waals surface area (Å²) in [5, 5.41) is 2.60. The first kappa shape index (κ1) is 19.0. The fraction of sp³-hybridized carbons (Fsp3) is 0.444. The normalized spacial score (nSPS) is 18.1. The van der Waals surface area contributed by atoms with Crippen molar-refractivity contribution >= 4 is 27.3 Å². The molecule has 0 bridgehead atoms. The number of benzene rings is 1. The Hall–Kier alpha value is -1.77. The van der Waals surface area contributed by atoms with Crippen LogP contribution in [0.25, 0.3) is 10.6 Å². The van der Waals surface area contributed by atoms with E-state index in [4.69, 9.17) is 0 Å². The van der Waals surface area contributed by atoms with Crippen LogP contribution in [0.3, 0.4) is 0 Å². The molecule has 3 rings (SSSR count). The molecule has 1 aliphatic heterocycles. The number of carbonyl (C=O) groups is 1. The van der Waals surface area contributed by atoms with Crippen LogP contribution >= 0.6 is 11.3 Å². The number of nitrogens with zero attached hydrogens (tertiary/aromatic N) is 2. The Morgan fingerprint density at radius 3 is 2.73 bits per heavy atom. The molecule has 1 saturated heterocycles. The van der Waals surface area contributed by atoms with E-state index in [2.05, 4.69) is 9.71 Å². The lowest BCUT2D eigenvalue weighted by Gasteiger charge is -2.35. The maximum Gasteiger partial charge on any atom is 0.273 e. The van der Waals surface area contributed by atoms with Crippen LogP contribution in [0.5, 0.6) is 0 Å². The lowest BCUT2D eigenvalue weighted by Crippen LogP contribution is -2.49. The Morgan fingerprint density at radius 1 is 1.31 bits per heavy atom. The number of nitrogens with one attached hydrogen (secondary N) is 1. The van der Waals surface area contributed by atoms with E-state index in [1.807, 2.05) is 31.2 Å². The predicted octanol–water partition coefficient (Wildman–Crippen LogP) is 2.66. The van der Waals surface area contributed by atoms with Crippen LogP contribution in [-0.2, 0) is 10.0 Å². The molecule has 1 N–H and O–H groups in total. The molecule has 2 heterocycles. The van der Waals surface area contributed by atoms with Crippen molar-refractivity contribution in [2.24, 2.45) is 0 Å². The van der Waals surface area contributed by atoms with Gasteiger partial charge in [-0.3, -0.25) is 4.79 Å². The van der Waals surface area contributed by atoms with Crippen LogP contribution in [0.15, 0.2) is 29.6 Å². The summed E-state index contributed by atoms with van der Waals surface area (Å²) in [6, 6.07) is 7.92. The van der Waals surface area contributed by atoms with Crippen LogP contribution in [0.1, 0.15) is 35.3 Å². The van der Waals surface area contributed by atoms with Gasteiger partial charge in [-0.15, -0.1) is 11.3 Å². The lowest BCUT2D eigenvalue weighted by molar-refractivity contribution is 0.0613. The van der Waals surface area contributed by atoms with Crippen molar-refractivity contribution in [2.45, 2.75) is 32.2 Å². The molecule has 0 saturated carbocycles. The number of likely N-dealkylation sites (tertiary alicyclic amines) is 1. The summed E-state index contributed by atoms with van der Waals surface area (Å²) in [6.07, 6.45) is 3.85. The van der Waals surface area contributed by atoms with Gasteiger partial charge in [-0.05, 0) is 26.2 Å². The standard InChI is InChI=1S/C18H23N3O3S2/c1-13-6-8-14(9-7-13)17-20-16(12-25-17)18(22)21-10-4-3-5-15(21)11-19-26(2,23)24/h6-9,12,15,19H,3-5,10-11H2,1-2H3/t15-/m0/s1. The van der Waals surface area contributed by atoms with E-state index >= 15 is 0 Å². The number of amides is 1. The molecule has 2 aromatic rings. The van der Waals surface area contributed by atoms with Gasteiger partial charge in [0.05, 0.1) is 6.26 Å². The van der Waals surface area contributed by atoms with Crippen LogP contribution in [0.2, 0.25) is 0 Å². The average molecular weight is 394 g/mol. The Morgan fingerprint density at radius 2 is 2.04 bits per heavy atom. The number of hydrogen-bond donors (Lipinski definition) is 1. The SMILES string of the molecule is Cc1ccc(-c2nc(C(=O)N3CCCC[C@H]3CNS(C)(=O)=O)cs2)cc1. The first-order valence-corrected chi connectivity index (χ1v) is 11.4. The summed E-state index contributed by atoms with van der Waals surface area (Å²) >= 11 is 1.45. The summed E-state index contributed by atoms with van der Waals surface area (Å²) in [4.78, 5) is 19.2. The zero-order chi connectivity index (χ0) is 18.7. The predicted molar refractivity (Wildman–Crippen MR) is 104 cm³/mol. The number of rotatable bonds is 5. The van der Waals surface area contributed by atoms with E-state index in [1.54, 1.807) is 10.3 Å². The molecular weight excluding hydrogens is 370 g/mol. The Labute approximate surface area is 158 Å². The van der Waals surface area contributed by atoms with Gasteiger partial charge in [-0.1, -0.05) is 29.8 Å². The van der Waals surface area contributed by atoms with E-state index in [-0.39, 0.29) is 18.5 Å². The molecule has 0 spiro atoms. The van der Waals surface area contributed by atoms with E-state index in [0.717, 1.165) is 36.1 Å². The summed E-state index contributed by atoms with van der Waals surface area (Å²) in [5.74, 6) is -0.125. The highest BCUT2D eigenvalue weighted by molar-refractivity contribution is 7.88. The minimum Gasteiger partial charge on any atom is -0.333 e. The number of hydrogen-bond acceptors (Lipinski definition) is 5. The largest absolute Gasteiger partial charge is 0.333 e. The maximum atomic E-state index is 12.9. The van der Waals surface area contributed by atoms with Gasteiger partial charge in [0.15, 0.2) is 0 Å². The van der Waals surface area contributed by atoms with E-state index in [9.17, 15) is 13.2 Å².